The van der Waals surface area contributed by atoms with Gasteiger partial charge in [0.2, 0.25) is 10.0 Å². The highest BCUT2D eigenvalue weighted by Crippen LogP contribution is 2.13. The number of esters is 1. The zero-order valence-electron chi connectivity index (χ0n) is 11.8. The second-order valence-electron chi connectivity index (χ2n) is 4.50. The van der Waals surface area contributed by atoms with E-state index in [1.54, 1.807) is 0 Å². The van der Waals surface area contributed by atoms with Gasteiger partial charge in [-0.1, -0.05) is 6.07 Å². The summed E-state index contributed by atoms with van der Waals surface area (Å²) >= 11 is 0. The van der Waals surface area contributed by atoms with Gasteiger partial charge in [0.05, 0.1) is 12.9 Å². The van der Waals surface area contributed by atoms with Gasteiger partial charge in [-0.2, -0.15) is 0 Å². The molecule has 0 fully saturated rings. The third kappa shape index (κ3) is 5.39. The molecule has 0 saturated heterocycles. The maximum absolute atomic E-state index is 13.1. The van der Waals surface area contributed by atoms with Crippen LogP contribution in [0.5, 0.6) is 0 Å². The van der Waals surface area contributed by atoms with E-state index < -0.39 is 27.6 Å². The zero-order valence-corrected chi connectivity index (χ0v) is 12.6. The number of benzene rings is 1. The minimum Gasteiger partial charge on any atom is -0.469 e. The number of sulfonamides is 1. The lowest BCUT2D eigenvalue weighted by Crippen LogP contribution is -2.29. The highest BCUT2D eigenvalue weighted by molar-refractivity contribution is 7.89. The smallest absolute Gasteiger partial charge is 0.305 e. The number of carbonyl (C=O) groups is 1. The summed E-state index contributed by atoms with van der Waals surface area (Å²) < 4.78 is 55.2. The fraction of sp³-hybridized carbons (Fsp3) is 0.462. The highest BCUT2D eigenvalue weighted by atomic mass is 32.2. The Kier molecular flexibility index (Phi) is 6.22. The van der Waals surface area contributed by atoms with Crippen molar-refractivity contribution in [3.05, 3.63) is 35.4 Å². The van der Waals surface area contributed by atoms with Crippen molar-refractivity contribution in [2.24, 2.45) is 0 Å². The van der Waals surface area contributed by atoms with Crippen molar-refractivity contribution in [3.63, 3.8) is 0 Å². The Morgan fingerprint density at radius 2 is 1.95 bits per heavy atom. The molecule has 0 N–H and O–H groups in total. The van der Waals surface area contributed by atoms with E-state index >= 15 is 0 Å². The van der Waals surface area contributed by atoms with Gasteiger partial charge in [0.25, 0.3) is 0 Å². The molecule has 8 heteroatoms. The lowest BCUT2D eigenvalue weighted by Gasteiger charge is -2.17. The van der Waals surface area contributed by atoms with Crippen LogP contribution in [0, 0.1) is 11.6 Å². The van der Waals surface area contributed by atoms with E-state index in [1.807, 2.05) is 0 Å². The quantitative estimate of drug-likeness (QED) is 0.717. The topological polar surface area (TPSA) is 63.7 Å². The summed E-state index contributed by atoms with van der Waals surface area (Å²) in [5.41, 5.74) is 0.341. The fourth-order valence-electron chi connectivity index (χ4n) is 1.65. The molecule has 0 radical (unpaired) electrons. The number of nitrogens with zero attached hydrogens (tertiary/aromatic N) is 1. The molecule has 1 aromatic carbocycles. The van der Waals surface area contributed by atoms with Gasteiger partial charge >= 0.3 is 5.97 Å². The van der Waals surface area contributed by atoms with E-state index in [0.29, 0.717) is 5.56 Å². The minimum absolute atomic E-state index is 0.00868. The van der Waals surface area contributed by atoms with Crippen molar-refractivity contribution in [1.29, 1.82) is 0 Å². The molecule has 0 aliphatic carbocycles. The molecule has 0 aliphatic rings. The van der Waals surface area contributed by atoms with Gasteiger partial charge in [-0.15, -0.1) is 0 Å². The van der Waals surface area contributed by atoms with Crippen LogP contribution in [-0.4, -0.2) is 38.6 Å². The maximum Gasteiger partial charge on any atom is 0.305 e. The molecule has 0 atom stereocenters. The predicted molar refractivity (Wildman–Crippen MR) is 72.9 cm³/mol. The van der Waals surface area contributed by atoms with E-state index in [2.05, 4.69) is 4.74 Å². The van der Waals surface area contributed by atoms with Crippen LogP contribution in [0.25, 0.3) is 0 Å². The molecule has 1 rings (SSSR count). The van der Waals surface area contributed by atoms with Gasteiger partial charge in [0.1, 0.15) is 0 Å². The average Bonchev–Trinajstić information content (AvgIpc) is 2.42. The van der Waals surface area contributed by atoms with Crippen molar-refractivity contribution in [2.45, 2.75) is 19.4 Å². The second-order valence-corrected chi connectivity index (χ2v) is 6.70. The Balaban J connectivity index is 2.62. The molecule has 0 amide bonds. The predicted octanol–water partition coefficient (Wildman–Crippen LogP) is 1.68. The largest absolute Gasteiger partial charge is 0.469 e. The summed E-state index contributed by atoms with van der Waals surface area (Å²) in [5, 5.41) is 0. The second kappa shape index (κ2) is 7.46. The monoisotopic (exact) mass is 321 g/mol. The Labute approximate surface area is 122 Å². The highest BCUT2D eigenvalue weighted by Gasteiger charge is 2.19. The van der Waals surface area contributed by atoms with Crippen LogP contribution in [0.3, 0.4) is 0 Å². The summed E-state index contributed by atoms with van der Waals surface area (Å²) in [4.78, 5) is 10.9. The molecule has 5 nitrogen and oxygen atoms in total. The van der Waals surface area contributed by atoms with Gasteiger partial charge in [-0.05, 0) is 24.1 Å². The summed E-state index contributed by atoms with van der Waals surface area (Å²) in [7, 11) is -1.01. The third-order valence-electron chi connectivity index (χ3n) is 2.87. The Morgan fingerprint density at radius 3 is 2.52 bits per heavy atom. The Hall–Kier alpha value is -1.54. The molecule has 0 bridgehead atoms. The number of hydrogen-bond donors (Lipinski definition) is 0. The van der Waals surface area contributed by atoms with Crippen LogP contribution < -0.4 is 0 Å². The molecule has 0 saturated carbocycles. The van der Waals surface area contributed by atoms with E-state index in [1.165, 1.54) is 20.2 Å². The van der Waals surface area contributed by atoms with Gasteiger partial charge in [0, 0.05) is 20.0 Å². The normalized spacial score (nSPS) is 11.7. The molecule has 0 spiro atoms. The van der Waals surface area contributed by atoms with E-state index in [-0.39, 0.29) is 25.1 Å². The van der Waals surface area contributed by atoms with Crippen LogP contribution in [0.1, 0.15) is 18.4 Å². The zero-order chi connectivity index (χ0) is 16.0. The SMILES string of the molecule is COC(=O)CCCS(=O)(=O)N(C)Cc1ccc(F)c(F)c1. The van der Waals surface area contributed by atoms with E-state index in [9.17, 15) is 22.0 Å². The number of halogens is 2. The lowest BCUT2D eigenvalue weighted by atomic mass is 10.2. The first-order valence-electron chi connectivity index (χ1n) is 6.21. The summed E-state index contributed by atoms with van der Waals surface area (Å²) in [5.74, 6) is -2.71. The number of hydrogen-bond acceptors (Lipinski definition) is 4. The number of rotatable bonds is 7. The molecular weight excluding hydrogens is 304 g/mol. The van der Waals surface area contributed by atoms with Gasteiger partial charge in [-0.25, -0.2) is 21.5 Å². The van der Waals surface area contributed by atoms with Crippen molar-refractivity contribution < 1.29 is 26.7 Å². The van der Waals surface area contributed by atoms with E-state index in [4.69, 9.17) is 0 Å². The molecule has 0 heterocycles. The Morgan fingerprint density at radius 1 is 1.29 bits per heavy atom. The third-order valence-corrected chi connectivity index (χ3v) is 4.76. The number of methoxy groups -OCH3 is 1. The van der Waals surface area contributed by atoms with Gasteiger partial charge in [0.15, 0.2) is 11.6 Å². The van der Waals surface area contributed by atoms with Crippen molar-refractivity contribution in [3.8, 4) is 0 Å². The first-order valence-corrected chi connectivity index (χ1v) is 7.82. The molecular formula is C13H17F2NO4S. The molecule has 0 aromatic heterocycles. The summed E-state index contributed by atoms with van der Waals surface area (Å²) in [6.45, 7) is -0.0717. The van der Waals surface area contributed by atoms with Crippen LogP contribution in [0.15, 0.2) is 18.2 Å². The first kappa shape index (κ1) is 17.5. The molecule has 118 valence electrons. The summed E-state index contributed by atoms with van der Waals surface area (Å²) in [6.07, 6.45) is 0.145. The van der Waals surface area contributed by atoms with Gasteiger partial charge in [-0.3, -0.25) is 4.79 Å². The molecule has 21 heavy (non-hydrogen) atoms. The fourth-order valence-corrected chi connectivity index (χ4v) is 2.82. The van der Waals surface area contributed by atoms with Crippen molar-refractivity contribution in [1.82, 2.24) is 4.31 Å². The standard InChI is InChI=1S/C13H17F2NO4S/c1-16(9-10-5-6-11(14)12(15)8-10)21(18,19)7-3-4-13(17)20-2/h5-6,8H,3-4,7,9H2,1-2H3. The van der Waals surface area contributed by atoms with E-state index in [0.717, 1.165) is 16.4 Å². The molecule has 1 aromatic rings. The number of ether oxygens (including phenoxy) is 1. The van der Waals surface area contributed by atoms with Crippen LogP contribution in [0.2, 0.25) is 0 Å². The van der Waals surface area contributed by atoms with Crippen molar-refractivity contribution in [2.75, 3.05) is 19.9 Å². The first-order chi connectivity index (χ1) is 9.76. The van der Waals surface area contributed by atoms with Gasteiger partial charge < -0.3 is 4.74 Å². The van der Waals surface area contributed by atoms with Crippen LogP contribution in [-0.2, 0) is 26.1 Å². The molecule has 0 aliphatic heterocycles. The average molecular weight is 321 g/mol. The Bertz CT molecular complexity index is 604. The van der Waals surface area contributed by atoms with Crippen LogP contribution in [0.4, 0.5) is 8.78 Å². The summed E-state index contributed by atoms with van der Waals surface area (Å²) in [6, 6.07) is 3.22. The lowest BCUT2D eigenvalue weighted by molar-refractivity contribution is -0.140. The molecule has 0 unspecified atom stereocenters. The maximum atomic E-state index is 13.1. The van der Waals surface area contributed by atoms with Crippen LogP contribution >= 0.6 is 0 Å². The van der Waals surface area contributed by atoms with Crippen molar-refractivity contribution >= 4 is 16.0 Å². The number of carbonyl (C=O) groups excluding carboxylic acids is 1. The minimum atomic E-state index is -3.58.